The summed E-state index contributed by atoms with van der Waals surface area (Å²) < 4.78 is 25.4. The molecular weight excluding hydrogens is 278 g/mol. The highest BCUT2D eigenvalue weighted by Crippen LogP contribution is 2.34. The number of nitrogens with zero attached hydrogens (tertiary/aromatic N) is 1. The number of rotatable bonds is 4. The zero-order valence-electron chi connectivity index (χ0n) is 12.0. The fourth-order valence-electron chi connectivity index (χ4n) is 2.53. The standard InChI is InChI=1S/C15H22F2N2S/c1-11(2)12-10-19(9-5-8-18-12)13-6-3-4-7-14(13)20-15(16)17/h3-4,6-7,11-12,15,18H,5,8-10H2,1-2H3. The van der Waals surface area contributed by atoms with E-state index in [0.29, 0.717) is 28.6 Å². The van der Waals surface area contributed by atoms with Crippen LogP contribution in [0.1, 0.15) is 20.3 Å². The van der Waals surface area contributed by atoms with Crippen LogP contribution in [0.15, 0.2) is 29.2 Å². The van der Waals surface area contributed by atoms with Gasteiger partial charge in [-0.2, -0.15) is 8.78 Å². The Morgan fingerprint density at radius 2 is 2.05 bits per heavy atom. The second-order valence-electron chi connectivity index (χ2n) is 5.45. The van der Waals surface area contributed by atoms with E-state index in [2.05, 4.69) is 24.1 Å². The summed E-state index contributed by atoms with van der Waals surface area (Å²) in [4.78, 5) is 2.92. The molecule has 0 aromatic heterocycles. The molecule has 1 N–H and O–H groups in total. The second kappa shape index (κ2) is 7.27. The number of anilines is 1. The van der Waals surface area contributed by atoms with Gasteiger partial charge < -0.3 is 10.2 Å². The molecule has 0 aliphatic carbocycles. The van der Waals surface area contributed by atoms with E-state index in [4.69, 9.17) is 0 Å². The number of hydrogen-bond donors (Lipinski definition) is 1. The fourth-order valence-corrected chi connectivity index (χ4v) is 3.20. The number of halogens is 2. The van der Waals surface area contributed by atoms with Crippen LogP contribution in [0.4, 0.5) is 14.5 Å². The lowest BCUT2D eigenvalue weighted by Crippen LogP contribution is -2.41. The molecule has 2 nitrogen and oxygen atoms in total. The molecule has 20 heavy (non-hydrogen) atoms. The van der Waals surface area contributed by atoms with Crippen molar-refractivity contribution in [2.24, 2.45) is 5.92 Å². The van der Waals surface area contributed by atoms with Crippen molar-refractivity contribution in [3.8, 4) is 0 Å². The van der Waals surface area contributed by atoms with Crippen molar-refractivity contribution in [2.45, 2.75) is 37.0 Å². The highest BCUT2D eigenvalue weighted by Gasteiger charge is 2.22. The summed E-state index contributed by atoms with van der Waals surface area (Å²) in [5.41, 5.74) is 0.937. The first-order chi connectivity index (χ1) is 9.58. The van der Waals surface area contributed by atoms with Crippen LogP contribution in [-0.2, 0) is 0 Å². The summed E-state index contributed by atoms with van der Waals surface area (Å²) in [5, 5.41) is 3.54. The number of hydrogen-bond acceptors (Lipinski definition) is 3. The highest BCUT2D eigenvalue weighted by atomic mass is 32.2. The van der Waals surface area contributed by atoms with Gasteiger partial charge in [0.15, 0.2) is 0 Å². The average molecular weight is 300 g/mol. The molecule has 0 spiro atoms. The summed E-state index contributed by atoms with van der Waals surface area (Å²) in [6.45, 7) is 7.17. The minimum absolute atomic E-state index is 0.405. The minimum Gasteiger partial charge on any atom is -0.369 e. The van der Waals surface area contributed by atoms with Gasteiger partial charge in [0, 0.05) is 24.0 Å². The van der Waals surface area contributed by atoms with Crippen LogP contribution < -0.4 is 10.2 Å². The quantitative estimate of drug-likeness (QED) is 0.851. The predicted octanol–water partition coefficient (Wildman–Crippen LogP) is 3.83. The van der Waals surface area contributed by atoms with Crippen molar-refractivity contribution < 1.29 is 8.78 Å². The normalized spacial score (nSPS) is 20.5. The van der Waals surface area contributed by atoms with Crippen LogP contribution in [0.3, 0.4) is 0 Å². The first-order valence-electron chi connectivity index (χ1n) is 7.10. The molecule has 1 heterocycles. The smallest absolute Gasteiger partial charge is 0.288 e. The molecule has 5 heteroatoms. The summed E-state index contributed by atoms with van der Waals surface area (Å²) in [6, 6.07) is 7.89. The van der Waals surface area contributed by atoms with E-state index in [0.717, 1.165) is 31.7 Å². The Morgan fingerprint density at radius 1 is 1.30 bits per heavy atom. The Kier molecular flexibility index (Phi) is 5.66. The Bertz CT molecular complexity index is 426. The number of para-hydroxylation sites is 1. The maximum absolute atomic E-state index is 12.7. The third-order valence-corrected chi connectivity index (χ3v) is 4.43. The Morgan fingerprint density at radius 3 is 2.75 bits per heavy atom. The summed E-state index contributed by atoms with van der Waals surface area (Å²) in [6.07, 6.45) is 1.04. The molecule has 1 aromatic rings. The van der Waals surface area contributed by atoms with Crippen LogP contribution in [0.25, 0.3) is 0 Å². The van der Waals surface area contributed by atoms with Crippen molar-refractivity contribution in [1.82, 2.24) is 5.32 Å². The SMILES string of the molecule is CC(C)C1CN(c2ccccc2SC(F)F)CCCN1. The number of benzene rings is 1. The van der Waals surface area contributed by atoms with Gasteiger partial charge >= 0.3 is 0 Å². The van der Waals surface area contributed by atoms with Crippen molar-refractivity contribution >= 4 is 17.4 Å². The van der Waals surface area contributed by atoms with E-state index in [1.54, 1.807) is 6.07 Å². The summed E-state index contributed by atoms with van der Waals surface area (Å²) in [5.74, 6) is -1.84. The molecule has 1 aromatic carbocycles. The first-order valence-corrected chi connectivity index (χ1v) is 7.98. The topological polar surface area (TPSA) is 15.3 Å². The van der Waals surface area contributed by atoms with Gasteiger partial charge in [-0.3, -0.25) is 0 Å². The lowest BCUT2D eigenvalue weighted by atomic mass is 10.0. The fraction of sp³-hybridized carbons (Fsp3) is 0.600. The molecule has 0 radical (unpaired) electrons. The highest BCUT2D eigenvalue weighted by molar-refractivity contribution is 7.99. The molecule has 1 atom stereocenters. The molecule has 1 unspecified atom stereocenters. The Labute approximate surface area is 123 Å². The van der Waals surface area contributed by atoms with E-state index in [1.165, 1.54) is 0 Å². The number of nitrogens with one attached hydrogen (secondary N) is 1. The Balaban J connectivity index is 2.20. The lowest BCUT2D eigenvalue weighted by Gasteiger charge is -2.29. The average Bonchev–Trinajstić information content (AvgIpc) is 2.64. The molecule has 1 aliphatic rings. The molecule has 0 amide bonds. The maximum Gasteiger partial charge on any atom is 0.288 e. The van der Waals surface area contributed by atoms with Crippen LogP contribution >= 0.6 is 11.8 Å². The molecule has 1 saturated heterocycles. The van der Waals surface area contributed by atoms with E-state index in [9.17, 15) is 8.78 Å². The first kappa shape index (κ1) is 15.6. The number of thioether (sulfide) groups is 1. The van der Waals surface area contributed by atoms with Crippen LogP contribution in [0.2, 0.25) is 0 Å². The van der Waals surface area contributed by atoms with E-state index >= 15 is 0 Å². The van der Waals surface area contributed by atoms with Crippen LogP contribution in [0, 0.1) is 5.92 Å². The van der Waals surface area contributed by atoms with Crippen molar-refractivity contribution in [1.29, 1.82) is 0 Å². The van der Waals surface area contributed by atoms with Gasteiger partial charge in [-0.15, -0.1) is 0 Å². The van der Waals surface area contributed by atoms with Gasteiger partial charge in [0.2, 0.25) is 0 Å². The van der Waals surface area contributed by atoms with Crippen LogP contribution in [0.5, 0.6) is 0 Å². The molecule has 112 valence electrons. The molecule has 2 rings (SSSR count). The van der Waals surface area contributed by atoms with E-state index in [1.807, 2.05) is 18.2 Å². The molecular formula is C15H22F2N2S. The molecule has 0 saturated carbocycles. The van der Waals surface area contributed by atoms with Gasteiger partial charge in [-0.05, 0) is 31.0 Å². The number of alkyl halides is 2. The maximum atomic E-state index is 12.7. The zero-order valence-corrected chi connectivity index (χ0v) is 12.8. The third-order valence-electron chi connectivity index (χ3n) is 3.66. The van der Waals surface area contributed by atoms with Gasteiger partial charge in [0.05, 0.1) is 5.69 Å². The molecule has 0 bridgehead atoms. The van der Waals surface area contributed by atoms with Crippen molar-refractivity contribution in [3.63, 3.8) is 0 Å². The third kappa shape index (κ3) is 4.09. The molecule has 1 fully saturated rings. The summed E-state index contributed by atoms with van der Waals surface area (Å²) >= 11 is 0.640. The second-order valence-corrected chi connectivity index (χ2v) is 6.48. The van der Waals surface area contributed by atoms with Gasteiger partial charge in [0.1, 0.15) is 0 Å². The van der Waals surface area contributed by atoms with Gasteiger partial charge in [-0.1, -0.05) is 37.7 Å². The minimum atomic E-state index is -2.37. The van der Waals surface area contributed by atoms with Crippen LogP contribution in [-0.4, -0.2) is 31.4 Å². The lowest BCUT2D eigenvalue weighted by molar-refractivity contribution is 0.252. The largest absolute Gasteiger partial charge is 0.369 e. The van der Waals surface area contributed by atoms with Gasteiger partial charge in [-0.25, -0.2) is 0 Å². The molecule has 1 aliphatic heterocycles. The zero-order chi connectivity index (χ0) is 14.5. The van der Waals surface area contributed by atoms with Gasteiger partial charge in [0.25, 0.3) is 5.76 Å². The van der Waals surface area contributed by atoms with Crippen molar-refractivity contribution in [3.05, 3.63) is 24.3 Å². The summed E-state index contributed by atoms with van der Waals surface area (Å²) in [7, 11) is 0. The van der Waals surface area contributed by atoms with E-state index in [-0.39, 0.29) is 0 Å². The van der Waals surface area contributed by atoms with E-state index < -0.39 is 5.76 Å². The monoisotopic (exact) mass is 300 g/mol. The van der Waals surface area contributed by atoms with Crippen molar-refractivity contribution in [2.75, 3.05) is 24.5 Å². The Hall–Kier alpha value is -0.810. The predicted molar refractivity (Wildman–Crippen MR) is 81.8 cm³/mol.